The minimum atomic E-state index is -0.0919. The third kappa shape index (κ3) is 5.13. The third-order valence-corrected chi connectivity index (χ3v) is 13.0. The standard InChI is InChI=1S/C53H37NS/c1-53(2)48-15-7-5-12-44(48)45-29-28-43(33-49(45)53)54(50-16-9-14-47-46-13-6-8-17-51(46)55-52(47)50)42-26-24-35(25-27-42)38-21-19-36-20-23-40(32-41(36)31-38)39-22-18-34-10-3-4-11-37(34)30-39/h3-33H,1-2H3. The average Bonchev–Trinajstić information content (AvgIpc) is 3.73. The number of rotatable bonds is 5. The zero-order valence-corrected chi connectivity index (χ0v) is 31.6. The van der Waals surface area contributed by atoms with E-state index in [0.29, 0.717) is 0 Å². The molecule has 0 radical (unpaired) electrons. The molecule has 1 heterocycles. The number of anilines is 3. The van der Waals surface area contributed by atoms with Gasteiger partial charge in [0.1, 0.15) is 0 Å². The van der Waals surface area contributed by atoms with Gasteiger partial charge in [0.05, 0.1) is 10.4 Å². The molecular formula is C53H37NS. The predicted octanol–water partition coefficient (Wildman–Crippen LogP) is 15.5. The van der Waals surface area contributed by atoms with E-state index in [4.69, 9.17) is 0 Å². The Hall–Kier alpha value is -6.48. The Bertz CT molecular complexity index is 3130. The van der Waals surface area contributed by atoms with Crippen LogP contribution in [-0.4, -0.2) is 0 Å². The number of nitrogens with zero attached hydrogens (tertiary/aromatic N) is 1. The topological polar surface area (TPSA) is 3.24 Å². The first-order chi connectivity index (χ1) is 27.0. The van der Waals surface area contributed by atoms with Gasteiger partial charge in [-0.05, 0) is 121 Å². The minimum Gasteiger partial charge on any atom is -0.309 e. The summed E-state index contributed by atoms with van der Waals surface area (Å²) in [4.78, 5) is 2.47. The first-order valence-electron chi connectivity index (χ1n) is 19.1. The lowest BCUT2D eigenvalue weighted by Gasteiger charge is -2.28. The van der Waals surface area contributed by atoms with Crippen molar-refractivity contribution in [3.63, 3.8) is 0 Å². The van der Waals surface area contributed by atoms with Gasteiger partial charge in [-0.3, -0.25) is 0 Å². The van der Waals surface area contributed by atoms with Crippen LogP contribution in [0.4, 0.5) is 17.1 Å². The van der Waals surface area contributed by atoms with Crippen LogP contribution in [0.15, 0.2) is 188 Å². The van der Waals surface area contributed by atoms with Gasteiger partial charge >= 0.3 is 0 Å². The summed E-state index contributed by atoms with van der Waals surface area (Å²) in [5.74, 6) is 0. The molecule has 0 saturated heterocycles. The molecular weight excluding hydrogens is 683 g/mol. The highest BCUT2D eigenvalue weighted by Gasteiger charge is 2.35. The van der Waals surface area contributed by atoms with Crippen molar-refractivity contribution in [3.05, 3.63) is 199 Å². The molecule has 0 aliphatic heterocycles. The molecule has 0 fully saturated rings. The Morgan fingerprint density at radius 2 is 0.982 bits per heavy atom. The second kappa shape index (κ2) is 12.3. The first-order valence-corrected chi connectivity index (χ1v) is 19.9. The van der Waals surface area contributed by atoms with Crippen molar-refractivity contribution in [2.75, 3.05) is 4.90 Å². The molecule has 1 aromatic heterocycles. The smallest absolute Gasteiger partial charge is 0.0640 e. The maximum Gasteiger partial charge on any atom is 0.0640 e. The molecule has 0 unspecified atom stereocenters. The Balaban J connectivity index is 1.02. The summed E-state index contributed by atoms with van der Waals surface area (Å²) in [5.41, 5.74) is 13.7. The van der Waals surface area contributed by atoms with Gasteiger partial charge in [-0.1, -0.05) is 147 Å². The van der Waals surface area contributed by atoms with Crippen molar-refractivity contribution in [3.8, 4) is 33.4 Å². The largest absolute Gasteiger partial charge is 0.309 e. The van der Waals surface area contributed by atoms with Crippen molar-refractivity contribution < 1.29 is 0 Å². The van der Waals surface area contributed by atoms with Gasteiger partial charge in [-0.2, -0.15) is 0 Å². The van der Waals surface area contributed by atoms with Crippen LogP contribution < -0.4 is 4.90 Å². The Morgan fingerprint density at radius 3 is 1.78 bits per heavy atom. The quantitative estimate of drug-likeness (QED) is 0.171. The van der Waals surface area contributed by atoms with Gasteiger partial charge in [0.2, 0.25) is 0 Å². The molecule has 11 rings (SSSR count). The Labute approximate surface area is 325 Å². The average molecular weight is 720 g/mol. The van der Waals surface area contributed by atoms with E-state index in [1.54, 1.807) is 0 Å². The van der Waals surface area contributed by atoms with Gasteiger partial charge in [-0.25, -0.2) is 0 Å². The molecule has 2 heteroatoms. The second-order valence-corrected chi connectivity index (χ2v) is 16.4. The molecule has 1 aliphatic carbocycles. The highest BCUT2D eigenvalue weighted by atomic mass is 32.1. The summed E-state index contributed by atoms with van der Waals surface area (Å²) >= 11 is 1.88. The number of benzene rings is 9. The molecule has 0 amide bonds. The number of hydrogen-bond acceptors (Lipinski definition) is 2. The van der Waals surface area contributed by atoms with Gasteiger partial charge < -0.3 is 4.90 Å². The van der Waals surface area contributed by atoms with Crippen molar-refractivity contribution in [2.24, 2.45) is 0 Å². The van der Waals surface area contributed by atoms with Crippen molar-refractivity contribution in [1.29, 1.82) is 0 Å². The van der Waals surface area contributed by atoms with Crippen LogP contribution in [0.2, 0.25) is 0 Å². The van der Waals surface area contributed by atoms with E-state index in [0.717, 1.165) is 5.69 Å². The maximum atomic E-state index is 2.47. The first kappa shape index (κ1) is 32.0. The fourth-order valence-electron chi connectivity index (χ4n) is 8.94. The predicted molar refractivity (Wildman–Crippen MR) is 237 cm³/mol. The summed E-state index contributed by atoms with van der Waals surface area (Å²) in [6.45, 7) is 4.73. The van der Waals surface area contributed by atoms with Gasteiger partial charge in [0.25, 0.3) is 0 Å². The van der Waals surface area contributed by atoms with E-state index in [-0.39, 0.29) is 5.41 Å². The lowest BCUT2D eigenvalue weighted by molar-refractivity contribution is 0.660. The SMILES string of the molecule is CC1(C)c2ccccc2-c2ccc(N(c3ccc(-c4ccc5ccc(-c6ccc7ccccc7c6)cc5c4)cc3)c3cccc4c3sc3ccccc34)cc21. The van der Waals surface area contributed by atoms with Crippen LogP contribution in [0.5, 0.6) is 0 Å². The van der Waals surface area contributed by atoms with Gasteiger partial charge in [0, 0.05) is 32.3 Å². The van der Waals surface area contributed by atoms with Crippen LogP contribution in [0, 0.1) is 0 Å². The lowest BCUT2D eigenvalue weighted by Crippen LogP contribution is -2.16. The number of hydrogen-bond donors (Lipinski definition) is 0. The summed E-state index contributed by atoms with van der Waals surface area (Å²) in [7, 11) is 0. The summed E-state index contributed by atoms with van der Waals surface area (Å²) in [5, 5.41) is 7.63. The highest BCUT2D eigenvalue weighted by Crippen LogP contribution is 2.52. The van der Waals surface area contributed by atoms with Gasteiger partial charge in [0.15, 0.2) is 0 Å². The van der Waals surface area contributed by atoms with E-state index >= 15 is 0 Å². The molecule has 0 atom stereocenters. The summed E-state index contributed by atoms with van der Waals surface area (Å²) in [6.07, 6.45) is 0. The Kier molecular flexibility index (Phi) is 7.14. The minimum absolute atomic E-state index is 0.0919. The molecule has 260 valence electrons. The fraction of sp³-hybridized carbons (Fsp3) is 0.0566. The molecule has 0 spiro atoms. The zero-order chi connectivity index (χ0) is 36.7. The molecule has 55 heavy (non-hydrogen) atoms. The zero-order valence-electron chi connectivity index (χ0n) is 30.8. The number of fused-ring (bicyclic) bond motifs is 8. The molecule has 0 N–H and O–H groups in total. The molecule has 10 aromatic rings. The maximum absolute atomic E-state index is 2.47. The Morgan fingerprint density at radius 1 is 0.400 bits per heavy atom. The highest BCUT2D eigenvalue weighted by molar-refractivity contribution is 7.26. The molecule has 9 aromatic carbocycles. The molecule has 1 nitrogen and oxygen atoms in total. The van der Waals surface area contributed by atoms with Gasteiger partial charge in [-0.15, -0.1) is 11.3 Å². The van der Waals surface area contributed by atoms with E-state index in [1.807, 2.05) is 11.3 Å². The molecule has 0 saturated carbocycles. The van der Waals surface area contributed by atoms with E-state index in [2.05, 4.69) is 207 Å². The van der Waals surface area contributed by atoms with Crippen molar-refractivity contribution in [2.45, 2.75) is 19.3 Å². The second-order valence-electron chi connectivity index (χ2n) is 15.4. The number of thiophene rings is 1. The van der Waals surface area contributed by atoms with Crippen LogP contribution >= 0.6 is 11.3 Å². The van der Waals surface area contributed by atoms with E-state index in [9.17, 15) is 0 Å². The fourth-order valence-corrected chi connectivity index (χ4v) is 10.2. The normalized spacial score (nSPS) is 13.1. The van der Waals surface area contributed by atoms with Crippen molar-refractivity contribution >= 4 is 70.1 Å². The lowest BCUT2D eigenvalue weighted by atomic mass is 9.82. The monoisotopic (exact) mass is 719 g/mol. The van der Waals surface area contributed by atoms with E-state index < -0.39 is 0 Å². The molecule has 0 bridgehead atoms. The summed E-state index contributed by atoms with van der Waals surface area (Å²) in [6, 6.07) is 69.7. The van der Waals surface area contributed by atoms with Crippen LogP contribution in [0.25, 0.3) is 75.1 Å². The van der Waals surface area contributed by atoms with Crippen LogP contribution in [-0.2, 0) is 5.41 Å². The molecule has 1 aliphatic rings. The van der Waals surface area contributed by atoms with Crippen molar-refractivity contribution in [1.82, 2.24) is 0 Å². The van der Waals surface area contributed by atoms with Crippen LogP contribution in [0.3, 0.4) is 0 Å². The third-order valence-electron chi connectivity index (χ3n) is 11.8. The summed E-state index contributed by atoms with van der Waals surface area (Å²) < 4.78 is 2.61. The van der Waals surface area contributed by atoms with E-state index in [1.165, 1.54) is 97.6 Å². The van der Waals surface area contributed by atoms with Crippen LogP contribution in [0.1, 0.15) is 25.0 Å².